The van der Waals surface area contributed by atoms with Crippen molar-refractivity contribution in [2.75, 3.05) is 0 Å². The van der Waals surface area contributed by atoms with Gasteiger partial charge in [0.05, 0.1) is 0 Å². The van der Waals surface area contributed by atoms with Crippen LogP contribution in [0.2, 0.25) is 0 Å². The summed E-state index contributed by atoms with van der Waals surface area (Å²) in [7, 11) is 0. The SMILES string of the molecule is c1ccc(-c2nc(-c3ccccc3)nc(-c3cc(-c4cccc5ccccc45)cc4oc5ccc6ccccc6c5c34)n2)cc1. The second-order valence-electron chi connectivity index (χ2n) is 11.2. The van der Waals surface area contributed by atoms with Gasteiger partial charge in [-0.3, -0.25) is 0 Å². The van der Waals surface area contributed by atoms with E-state index in [1.807, 2.05) is 60.7 Å². The lowest BCUT2D eigenvalue weighted by Crippen LogP contribution is -2.00. The van der Waals surface area contributed by atoms with Crippen LogP contribution in [0, 0.1) is 0 Å². The molecule has 0 atom stereocenters. The molecule has 0 N–H and O–H groups in total. The van der Waals surface area contributed by atoms with Gasteiger partial charge in [0.15, 0.2) is 17.5 Å². The summed E-state index contributed by atoms with van der Waals surface area (Å²) in [6, 6.07) is 52.1. The maximum Gasteiger partial charge on any atom is 0.164 e. The molecule has 0 aliphatic heterocycles. The highest BCUT2D eigenvalue weighted by atomic mass is 16.3. The number of fused-ring (bicyclic) bond motifs is 6. The maximum atomic E-state index is 6.66. The first-order valence-corrected chi connectivity index (χ1v) is 15.0. The molecule has 210 valence electrons. The molecule has 0 radical (unpaired) electrons. The van der Waals surface area contributed by atoms with E-state index in [9.17, 15) is 0 Å². The molecule has 4 nitrogen and oxygen atoms in total. The van der Waals surface area contributed by atoms with Gasteiger partial charge in [-0.05, 0) is 50.9 Å². The Morgan fingerprint density at radius 3 is 1.64 bits per heavy atom. The van der Waals surface area contributed by atoms with E-state index in [1.54, 1.807) is 0 Å². The first-order chi connectivity index (χ1) is 22.3. The van der Waals surface area contributed by atoms with Gasteiger partial charge in [0.2, 0.25) is 0 Å². The van der Waals surface area contributed by atoms with Crippen LogP contribution < -0.4 is 0 Å². The molecular formula is C41H25N3O. The molecule has 4 heteroatoms. The molecule has 9 rings (SSSR count). The summed E-state index contributed by atoms with van der Waals surface area (Å²) in [6.07, 6.45) is 0. The first kappa shape index (κ1) is 25.4. The summed E-state index contributed by atoms with van der Waals surface area (Å²) in [5.74, 6) is 1.85. The number of hydrogen-bond acceptors (Lipinski definition) is 4. The Hall–Kier alpha value is -6.13. The van der Waals surface area contributed by atoms with Crippen LogP contribution in [0.4, 0.5) is 0 Å². The van der Waals surface area contributed by atoms with Crippen LogP contribution in [0.1, 0.15) is 0 Å². The Morgan fingerprint density at radius 1 is 0.356 bits per heavy atom. The van der Waals surface area contributed by atoms with Crippen LogP contribution in [0.3, 0.4) is 0 Å². The van der Waals surface area contributed by atoms with Gasteiger partial charge in [-0.25, -0.2) is 15.0 Å². The second-order valence-corrected chi connectivity index (χ2v) is 11.2. The molecule has 0 aliphatic rings. The molecule has 0 fully saturated rings. The normalized spacial score (nSPS) is 11.6. The summed E-state index contributed by atoms with van der Waals surface area (Å²) < 4.78 is 6.66. The summed E-state index contributed by atoms with van der Waals surface area (Å²) in [4.78, 5) is 15.3. The van der Waals surface area contributed by atoms with Gasteiger partial charge in [-0.1, -0.05) is 133 Å². The standard InChI is InChI=1S/C41H25N3O/c1-3-14-28(15-4-1)39-42-40(29-16-5-2-6-17-29)44-41(43-39)34-24-30(32-21-11-18-26-12-7-9-19-31(26)32)25-36-38(34)37-33-20-10-8-13-27(33)22-23-35(37)45-36/h1-25H. The highest BCUT2D eigenvalue weighted by Gasteiger charge is 2.21. The molecular weight excluding hydrogens is 550 g/mol. The van der Waals surface area contributed by atoms with E-state index in [2.05, 4.69) is 91.0 Å². The summed E-state index contributed by atoms with van der Waals surface area (Å²) in [6.45, 7) is 0. The Labute approximate surface area is 259 Å². The average Bonchev–Trinajstić information content (AvgIpc) is 3.51. The number of furan rings is 1. The molecule has 0 saturated heterocycles. The van der Waals surface area contributed by atoms with Crippen molar-refractivity contribution in [2.24, 2.45) is 0 Å². The lowest BCUT2D eigenvalue weighted by atomic mass is 9.93. The van der Waals surface area contributed by atoms with Crippen molar-refractivity contribution in [3.05, 3.63) is 152 Å². The lowest BCUT2D eigenvalue weighted by Gasteiger charge is -2.12. The minimum absolute atomic E-state index is 0.602. The molecule has 0 spiro atoms. The van der Waals surface area contributed by atoms with Crippen LogP contribution >= 0.6 is 0 Å². The Kier molecular flexibility index (Phi) is 5.78. The monoisotopic (exact) mass is 575 g/mol. The molecule has 9 aromatic rings. The van der Waals surface area contributed by atoms with Gasteiger partial charge in [-0.15, -0.1) is 0 Å². The van der Waals surface area contributed by atoms with E-state index in [0.29, 0.717) is 17.5 Å². The minimum atomic E-state index is 0.602. The highest BCUT2D eigenvalue weighted by molar-refractivity contribution is 6.23. The second kappa shape index (κ2) is 10.2. The predicted octanol–water partition coefficient (Wildman–Crippen LogP) is 10.7. The Morgan fingerprint density at radius 2 is 0.933 bits per heavy atom. The molecule has 2 heterocycles. The van der Waals surface area contributed by atoms with Crippen LogP contribution in [-0.2, 0) is 0 Å². The van der Waals surface area contributed by atoms with Crippen molar-refractivity contribution in [1.29, 1.82) is 0 Å². The van der Waals surface area contributed by atoms with Gasteiger partial charge in [0.1, 0.15) is 11.2 Å². The third kappa shape index (κ3) is 4.27. The first-order valence-electron chi connectivity index (χ1n) is 15.0. The van der Waals surface area contributed by atoms with E-state index < -0.39 is 0 Å². The van der Waals surface area contributed by atoms with Gasteiger partial charge >= 0.3 is 0 Å². The van der Waals surface area contributed by atoms with Crippen LogP contribution in [0.5, 0.6) is 0 Å². The predicted molar refractivity (Wildman–Crippen MR) is 184 cm³/mol. The number of rotatable bonds is 4. The molecule has 45 heavy (non-hydrogen) atoms. The van der Waals surface area contributed by atoms with E-state index in [4.69, 9.17) is 19.4 Å². The summed E-state index contributed by atoms with van der Waals surface area (Å²) in [5.41, 5.74) is 6.57. The molecule has 2 aromatic heterocycles. The van der Waals surface area contributed by atoms with Crippen LogP contribution in [0.25, 0.3) is 88.8 Å². The van der Waals surface area contributed by atoms with Crippen molar-refractivity contribution in [2.45, 2.75) is 0 Å². The number of benzene rings is 7. The fourth-order valence-corrected chi connectivity index (χ4v) is 6.40. The van der Waals surface area contributed by atoms with Crippen molar-refractivity contribution in [1.82, 2.24) is 15.0 Å². The third-order valence-corrected chi connectivity index (χ3v) is 8.50. The topological polar surface area (TPSA) is 51.8 Å². The largest absolute Gasteiger partial charge is 0.456 e. The van der Waals surface area contributed by atoms with Gasteiger partial charge in [0.25, 0.3) is 0 Å². The average molecular weight is 576 g/mol. The minimum Gasteiger partial charge on any atom is -0.456 e. The zero-order valence-electron chi connectivity index (χ0n) is 24.2. The van der Waals surface area contributed by atoms with Crippen molar-refractivity contribution in [3.63, 3.8) is 0 Å². The summed E-state index contributed by atoms with van der Waals surface area (Å²) >= 11 is 0. The molecule has 0 saturated carbocycles. The summed E-state index contributed by atoms with van der Waals surface area (Å²) in [5, 5.41) is 6.71. The Bertz CT molecular complexity index is 2470. The van der Waals surface area contributed by atoms with Gasteiger partial charge < -0.3 is 4.42 Å². The van der Waals surface area contributed by atoms with Crippen LogP contribution in [-0.4, -0.2) is 15.0 Å². The highest BCUT2D eigenvalue weighted by Crippen LogP contribution is 2.43. The van der Waals surface area contributed by atoms with E-state index in [0.717, 1.165) is 60.5 Å². The van der Waals surface area contributed by atoms with Gasteiger partial charge in [-0.2, -0.15) is 0 Å². The number of hydrogen-bond donors (Lipinski definition) is 0. The fourth-order valence-electron chi connectivity index (χ4n) is 6.40. The molecule has 7 aromatic carbocycles. The van der Waals surface area contributed by atoms with Crippen molar-refractivity contribution < 1.29 is 4.42 Å². The zero-order valence-corrected chi connectivity index (χ0v) is 24.2. The number of aromatic nitrogens is 3. The molecule has 0 unspecified atom stereocenters. The smallest absolute Gasteiger partial charge is 0.164 e. The molecule has 0 aliphatic carbocycles. The number of nitrogens with zero attached hydrogens (tertiary/aromatic N) is 3. The zero-order chi connectivity index (χ0) is 29.7. The van der Waals surface area contributed by atoms with Crippen LogP contribution in [0.15, 0.2) is 156 Å². The van der Waals surface area contributed by atoms with E-state index in [1.165, 1.54) is 10.8 Å². The van der Waals surface area contributed by atoms with E-state index in [-0.39, 0.29) is 0 Å². The molecule has 0 bridgehead atoms. The third-order valence-electron chi connectivity index (χ3n) is 8.50. The van der Waals surface area contributed by atoms with Crippen molar-refractivity contribution >= 4 is 43.5 Å². The van der Waals surface area contributed by atoms with Gasteiger partial charge in [0, 0.05) is 27.5 Å². The maximum absolute atomic E-state index is 6.66. The van der Waals surface area contributed by atoms with E-state index >= 15 is 0 Å². The Balaban J connectivity index is 1.42. The fraction of sp³-hybridized carbons (Fsp3) is 0. The quantitative estimate of drug-likeness (QED) is 0.209. The molecule has 0 amide bonds. The van der Waals surface area contributed by atoms with Crippen molar-refractivity contribution in [3.8, 4) is 45.3 Å². The lowest BCUT2D eigenvalue weighted by molar-refractivity contribution is 0.669.